The highest BCUT2D eigenvalue weighted by molar-refractivity contribution is 5.14. The van der Waals surface area contributed by atoms with Crippen LogP contribution in [0, 0.1) is 0 Å². The van der Waals surface area contributed by atoms with Crippen LogP contribution in [0.4, 0.5) is 0 Å². The molecule has 0 bridgehead atoms. The summed E-state index contributed by atoms with van der Waals surface area (Å²) in [5.74, 6) is 0. The Morgan fingerprint density at radius 2 is 2.00 bits per heavy atom. The van der Waals surface area contributed by atoms with E-state index in [9.17, 15) is 0 Å². The molecule has 82 valence electrons. The van der Waals surface area contributed by atoms with Crippen LogP contribution >= 0.6 is 0 Å². The van der Waals surface area contributed by atoms with Gasteiger partial charge in [-0.15, -0.1) is 0 Å². The number of benzene rings is 1. The first-order valence-electron chi connectivity index (χ1n) is 5.19. The van der Waals surface area contributed by atoms with Crippen molar-refractivity contribution in [1.29, 1.82) is 0 Å². The fraction of sp³-hybridized carbons (Fsp3) is 0.333. The molecule has 3 heteroatoms. The molecule has 0 aromatic heterocycles. The average molecular weight is 225 g/mol. The topological polar surface area (TPSA) is 7.68 Å². The Morgan fingerprint density at radius 1 is 1.27 bits per heavy atom. The van der Waals surface area contributed by atoms with Gasteiger partial charge in [0.05, 0.1) is 12.7 Å². The van der Waals surface area contributed by atoms with E-state index in [0.717, 1.165) is 13.2 Å². The van der Waals surface area contributed by atoms with Gasteiger partial charge >= 0.3 is 0 Å². The second-order valence-electron chi connectivity index (χ2n) is 3.72. The van der Waals surface area contributed by atoms with Crippen molar-refractivity contribution in [1.82, 2.24) is 4.90 Å². The number of hydrogen-bond acceptors (Lipinski definition) is 1. The molecule has 1 aromatic carbocycles. The number of nitrogens with zero attached hydrogens (tertiary/aromatic N) is 1. The second kappa shape index (κ2) is 5.79. The molecule has 1 N–H and O–H groups in total. The van der Waals surface area contributed by atoms with E-state index in [1.807, 2.05) is 0 Å². The number of rotatable bonds is 3. The van der Waals surface area contributed by atoms with E-state index in [4.69, 9.17) is 0 Å². The van der Waals surface area contributed by atoms with Gasteiger partial charge in [0.2, 0.25) is 0 Å². The summed E-state index contributed by atoms with van der Waals surface area (Å²) in [4.78, 5) is 3.88. The van der Waals surface area contributed by atoms with Crippen LogP contribution in [0.3, 0.4) is 0 Å². The highest BCUT2D eigenvalue weighted by Gasteiger charge is 2.14. The first-order chi connectivity index (χ1) is 6.88. The maximum Gasteiger partial charge on any atom is 0.157 e. The van der Waals surface area contributed by atoms with E-state index < -0.39 is 0 Å². The highest BCUT2D eigenvalue weighted by atomic mass is 35.5. The molecule has 15 heavy (non-hydrogen) atoms. The summed E-state index contributed by atoms with van der Waals surface area (Å²) in [7, 11) is 0. The zero-order valence-electron chi connectivity index (χ0n) is 8.99. The van der Waals surface area contributed by atoms with Crippen LogP contribution < -0.4 is 17.3 Å². The third-order valence-corrected chi connectivity index (χ3v) is 2.61. The van der Waals surface area contributed by atoms with Crippen molar-refractivity contribution >= 4 is 0 Å². The standard InChI is InChI=1S/C12H16N2.ClH/c1-2-13-8-9-14(11-13)10-12-6-4-3-5-7-12;/h3-9H,2,10-11H2,1H3;1H. The predicted octanol–water partition coefficient (Wildman–Crippen LogP) is -2.16. The molecule has 0 saturated heterocycles. The van der Waals surface area contributed by atoms with Crippen molar-refractivity contribution in [2.24, 2.45) is 0 Å². The lowest BCUT2D eigenvalue weighted by Crippen LogP contribution is -3.06. The number of hydrogen-bond donors (Lipinski definition) is 1. The van der Waals surface area contributed by atoms with Gasteiger partial charge in [0, 0.05) is 6.54 Å². The van der Waals surface area contributed by atoms with E-state index in [1.54, 1.807) is 0 Å². The van der Waals surface area contributed by atoms with Crippen molar-refractivity contribution in [3.8, 4) is 0 Å². The molecule has 1 aliphatic heterocycles. The van der Waals surface area contributed by atoms with Crippen molar-refractivity contribution in [3.63, 3.8) is 0 Å². The van der Waals surface area contributed by atoms with E-state index in [1.165, 1.54) is 17.0 Å². The quantitative estimate of drug-likeness (QED) is 0.615. The van der Waals surface area contributed by atoms with Gasteiger partial charge in [-0.1, -0.05) is 30.3 Å². The third kappa shape index (κ3) is 3.26. The first kappa shape index (κ1) is 12.1. The normalized spacial score (nSPS) is 19.0. The van der Waals surface area contributed by atoms with Crippen LogP contribution in [0.1, 0.15) is 12.5 Å². The first-order valence-corrected chi connectivity index (χ1v) is 5.19. The lowest BCUT2D eigenvalue weighted by molar-refractivity contribution is -0.847. The molecule has 0 amide bonds. The lowest BCUT2D eigenvalue weighted by Gasteiger charge is -2.15. The zero-order chi connectivity index (χ0) is 9.80. The Hall–Kier alpha value is -0.990. The fourth-order valence-electron chi connectivity index (χ4n) is 1.73. The Kier molecular flexibility index (Phi) is 4.66. The second-order valence-corrected chi connectivity index (χ2v) is 3.72. The van der Waals surface area contributed by atoms with Crippen molar-refractivity contribution in [3.05, 3.63) is 48.3 Å². The van der Waals surface area contributed by atoms with Crippen molar-refractivity contribution in [2.75, 3.05) is 13.2 Å². The van der Waals surface area contributed by atoms with Crippen LogP contribution in [-0.4, -0.2) is 18.1 Å². The molecule has 1 unspecified atom stereocenters. The number of halogens is 1. The van der Waals surface area contributed by atoms with E-state index in [0.29, 0.717) is 0 Å². The molecule has 2 nitrogen and oxygen atoms in total. The summed E-state index contributed by atoms with van der Waals surface area (Å²) in [6, 6.07) is 10.6. The summed E-state index contributed by atoms with van der Waals surface area (Å²) in [6.07, 6.45) is 4.44. The molecule has 1 atom stereocenters. The van der Waals surface area contributed by atoms with Gasteiger partial charge < -0.3 is 17.3 Å². The van der Waals surface area contributed by atoms with Crippen LogP contribution in [0.2, 0.25) is 0 Å². The molecule has 2 rings (SSSR count). The Balaban J connectivity index is 0.00000112. The van der Waals surface area contributed by atoms with E-state index >= 15 is 0 Å². The van der Waals surface area contributed by atoms with Gasteiger partial charge in [-0.25, -0.2) is 0 Å². The summed E-state index contributed by atoms with van der Waals surface area (Å²) in [6.45, 7) is 5.51. The van der Waals surface area contributed by atoms with Crippen LogP contribution in [0.25, 0.3) is 0 Å². The summed E-state index contributed by atoms with van der Waals surface area (Å²) in [5, 5.41) is 0. The Morgan fingerprint density at radius 3 is 2.60 bits per heavy atom. The minimum atomic E-state index is 0. The Bertz CT molecular complexity index is 311. The van der Waals surface area contributed by atoms with Gasteiger partial charge in [-0.3, -0.25) is 4.90 Å². The zero-order valence-corrected chi connectivity index (χ0v) is 9.74. The molecule has 1 aromatic rings. The van der Waals surface area contributed by atoms with Gasteiger partial charge in [0.15, 0.2) is 6.67 Å². The van der Waals surface area contributed by atoms with Gasteiger partial charge in [0.1, 0.15) is 6.20 Å². The minimum Gasteiger partial charge on any atom is -1.00 e. The molecular weight excluding hydrogens is 208 g/mol. The molecule has 1 heterocycles. The summed E-state index contributed by atoms with van der Waals surface area (Å²) >= 11 is 0. The molecular formula is C12H17ClN2. The third-order valence-electron chi connectivity index (χ3n) is 2.61. The van der Waals surface area contributed by atoms with Gasteiger partial charge in [-0.2, -0.15) is 0 Å². The Labute approximate surface area is 97.6 Å². The number of nitrogens with one attached hydrogen (secondary N) is 1. The van der Waals surface area contributed by atoms with Crippen LogP contribution in [0.15, 0.2) is 42.7 Å². The lowest BCUT2D eigenvalue weighted by atomic mass is 10.2. The van der Waals surface area contributed by atoms with E-state index in [-0.39, 0.29) is 12.4 Å². The maximum atomic E-state index is 2.36. The van der Waals surface area contributed by atoms with Crippen molar-refractivity contribution in [2.45, 2.75) is 13.5 Å². The van der Waals surface area contributed by atoms with Crippen LogP contribution in [-0.2, 0) is 6.54 Å². The molecule has 0 spiro atoms. The SMILES string of the molecule is CC[NH+]1C=CN(Cc2ccccc2)C1.[Cl-]. The minimum absolute atomic E-state index is 0. The van der Waals surface area contributed by atoms with Gasteiger partial charge in [0.25, 0.3) is 0 Å². The molecule has 0 radical (unpaired) electrons. The van der Waals surface area contributed by atoms with Gasteiger partial charge in [-0.05, 0) is 12.5 Å². The summed E-state index contributed by atoms with van der Waals surface area (Å²) in [5.41, 5.74) is 1.38. The number of quaternary nitrogens is 1. The predicted molar refractivity (Wildman–Crippen MR) is 57.5 cm³/mol. The maximum absolute atomic E-state index is 2.36. The smallest absolute Gasteiger partial charge is 0.157 e. The molecule has 0 saturated carbocycles. The largest absolute Gasteiger partial charge is 1.00 e. The molecule has 1 aliphatic rings. The van der Waals surface area contributed by atoms with Crippen molar-refractivity contribution < 1.29 is 17.3 Å². The summed E-state index contributed by atoms with van der Waals surface area (Å²) < 4.78 is 0. The monoisotopic (exact) mass is 224 g/mol. The fourth-order valence-corrected chi connectivity index (χ4v) is 1.73. The van der Waals surface area contributed by atoms with E-state index in [2.05, 4.69) is 54.6 Å². The molecule has 0 aliphatic carbocycles. The van der Waals surface area contributed by atoms with Crippen LogP contribution in [0.5, 0.6) is 0 Å². The highest BCUT2D eigenvalue weighted by Crippen LogP contribution is 2.04. The average Bonchev–Trinajstić information content (AvgIpc) is 2.67. The molecule has 0 fully saturated rings.